The van der Waals surface area contributed by atoms with E-state index >= 15 is 0 Å². The first kappa shape index (κ1) is 16.6. The topological polar surface area (TPSA) is 21.3 Å². The number of likely N-dealkylation sites (N-methyl/N-ethyl adjacent to an activating group) is 1. The van der Waals surface area contributed by atoms with E-state index in [9.17, 15) is 4.39 Å². The maximum Gasteiger partial charge on any atom is 0.128 e. The summed E-state index contributed by atoms with van der Waals surface area (Å²) in [4.78, 5) is 0. The van der Waals surface area contributed by atoms with Crippen LogP contribution in [0.15, 0.2) is 22.7 Å². The van der Waals surface area contributed by atoms with E-state index in [1.165, 1.54) is 6.07 Å². The first-order valence-corrected chi connectivity index (χ1v) is 7.60. The molecule has 19 heavy (non-hydrogen) atoms. The number of hydrogen-bond donors (Lipinski definition) is 1. The summed E-state index contributed by atoms with van der Waals surface area (Å²) in [7, 11) is 0. The Morgan fingerprint density at radius 2 is 2.05 bits per heavy atom. The van der Waals surface area contributed by atoms with Crippen LogP contribution in [0.25, 0.3) is 0 Å². The number of nitrogens with one attached hydrogen (secondary N) is 1. The SMILES string of the molecule is CCNC(c1cc(Br)ccc1F)C(C)(CC)OCC. The average molecular weight is 332 g/mol. The molecule has 0 aliphatic rings. The predicted octanol–water partition coefficient (Wildman–Crippen LogP) is 4.44. The predicted molar refractivity (Wildman–Crippen MR) is 80.8 cm³/mol. The Balaban J connectivity index is 3.21. The molecule has 0 bridgehead atoms. The maximum absolute atomic E-state index is 14.1. The van der Waals surface area contributed by atoms with E-state index in [2.05, 4.69) is 28.2 Å². The summed E-state index contributed by atoms with van der Waals surface area (Å²) in [6.07, 6.45) is 0.810. The Hall–Kier alpha value is -0.450. The molecule has 0 radical (unpaired) electrons. The van der Waals surface area contributed by atoms with Gasteiger partial charge in [-0.25, -0.2) is 4.39 Å². The molecular weight excluding hydrogens is 309 g/mol. The molecule has 0 aromatic heterocycles. The monoisotopic (exact) mass is 331 g/mol. The van der Waals surface area contributed by atoms with Gasteiger partial charge < -0.3 is 10.1 Å². The molecule has 2 nitrogen and oxygen atoms in total. The van der Waals surface area contributed by atoms with Gasteiger partial charge in [-0.05, 0) is 45.0 Å². The first-order chi connectivity index (χ1) is 8.98. The first-order valence-electron chi connectivity index (χ1n) is 6.80. The smallest absolute Gasteiger partial charge is 0.128 e. The Kier molecular flexibility index (Phi) is 6.43. The highest BCUT2D eigenvalue weighted by atomic mass is 79.9. The molecule has 4 heteroatoms. The van der Waals surface area contributed by atoms with Crippen LogP contribution in [0.3, 0.4) is 0 Å². The van der Waals surface area contributed by atoms with Crippen molar-refractivity contribution in [2.24, 2.45) is 0 Å². The lowest BCUT2D eigenvalue weighted by atomic mass is 9.87. The number of hydrogen-bond acceptors (Lipinski definition) is 2. The van der Waals surface area contributed by atoms with Crippen molar-refractivity contribution in [3.8, 4) is 0 Å². The van der Waals surface area contributed by atoms with Crippen molar-refractivity contribution in [1.29, 1.82) is 0 Å². The third kappa shape index (κ3) is 4.01. The van der Waals surface area contributed by atoms with Gasteiger partial charge in [0.2, 0.25) is 0 Å². The minimum Gasteiger partial charge on any atom is -0.374 e. The zero-order valence-electron chi connectivity index (χ0n) is 12.1. The number of ether oxygens (including phenoxy) is 1. The fourth-order valence-electron chi connectivity index (χ4n) is 2.31. The van der Waals surface area contributed by atoms with Crippen molar-refractivity contribution >= 4 is 15.9 Å². The van der Waals surface area contributed by atoms with Crippen LogP contribution in [-0.4, -0.2) is 18.8 Å². The van der Waals surface area contributed by atoms with Crippen LogP contribution in [0.2, 0.25) is 0 Å². The van der Waals surface area contributed by atoms with Crippen LogP contribution >= 0.6 is 15.9 Å². The number of benzene rings is 1. The number of rotatable bonds is 7. The van der Waals surface area contributed by atoms with Crippen LogP contribution < -0.4 is 5.32 Å². The van der Waals surface area contributed by atoms with E-state index in [-0.39, 0.29) is 11.9 Å². The Labute approximate surface area is 123 Å². The molecule has 0 aliphatic heterocycles. The molecule has 2 atom stereocenters. The highest BCUT2D eigenvalue weighted by molar-refractivity contribution is 9.10. The third-order valence-electron chi connectivity index (χ3n) is 3.46. The minimum absolute atomic E-state index is 0.167. The molecule has 1 aromatic carbocycles. The molecule has 0 heterocycles. The second-order valence-electron chi connectivity index (χ2n) is 4.76. The van der Waals surface area contributed by atoms with E-state index in [0.717, 1.165) is 17.4 Å². The van der Waals surface area contributed by atoms with E-state index in [0.29, 0.717) is 12.2 Å². The fraction of sp³-hybridized carbons (Fsp3) is 0.600. The lowest BCUT2D eigenvalue weighted by Crippen LogP contribution is -2.44. The highest BCUT2D eigenvalue weighted by Gasteiger charge is 2.35. The molecule has 0 saturated heterocycles. The van der Waals surface area contributed by atoms with Gasteiger partial charge in [0.15, 0.2) is 0 Å². The second-order valence-corrected chi connectivity index (χ2v) is 5.67. The van der Waals surface area contributed by atoms with Gasteiger partial charge in [0.05, 0.1) is 11.6 Å². The van der Waals surface area contributed by atoms with Gasteiger partial charge in [0, 0.05) is 16.6 Å². The molecule has 0 saturated carbocycles. The molecule has 1 N–H and O–H groups in total. The lowest BCUT2D eigenvalue weighted by Gasteiger charge is -2.37. The zero-order chi connectivity index (χ0) is 14.5. The highest BCUT2D eigenvalue weighted by Crippen LogP contribution is 2.34. The van der Waals surface area contributed by atoms with Crippen molar-refractivity contribution in [2.45, 2.75) is 45.8 Å². The second kappa shape index (κ2) is 7.36. The Bertz CT molecular complexity index is 413. The summed E-state index contributed by atoms with van der Waals surface area (Å²) < 4.78 is 20.9. The minimum atomic E-state index is -0.424. The summed E-state index contributed by atoms with van der Waals surface area (Å²) in [5, 5.41) is 3.36. The largest absolute Gasteiger partial charge is 0.374 e. The quantitative estimate of drug-likeness (QED) is 0.797. The molecule has 1 aromatic rings. The zero-order valence-corrected chi connectivity index (χ0v) is 13.7. The normalized spacial score (nSPS) is 16.1. The summed E-state index contributed by atoms with van der Waals surface area (Å²) in [5.41, 5.74) is 0.223. The Morgan fingerprint density at radius 1 is 1.37 bits per heavy atom. The van der Waals surface area contributed by atoms with Gasteiger partial charge in [-0.15, -0.1) is 0 Å². The summed E-state index contributed by atoms with van der Waals surface area (Å²) in [6, 6.07) is 4.87. The van der Waals surface area contributed by atoms with Crippen LogP contribution in [0, 0.1) is 5.82 Å². The molecule has 0 fully saturated rings. The standard InChI is InChI=1S/C15H23BrFNO/c1-5-15(4,19-7-3)14(18-6-2)12-10-11(16)8-9-13(12)17/h8-10,14,18H,5-7H2,1-4H3. The Morgan fingerprint density at radius 3 is 2.58 bits per heavy atom. The van der Waals surface area contributed by atoms with Gasteiger partial charge in [-0.2, -0.15) is 0 Å². The average Bonchev–Trinajstić information content (AvgIpc) is 2.39. The van der Waals surface area contributed by atoms with Crippen LogP contribution in [0.4, 0.5) is 4.39 Å². The molecule has 0 amide bonds. The van der Waals surface area contributed by atoms with Crippen molar-refractivity contribution in [3.63, 3.8) is 0 Å². The molecule has 2 unspecified atom stereocenters. The van der Waals surface area contributed by atoms with Crippen molar-refractivity contribution in [1.82, 2.24) is 5.32 Å². The van der Waals surface area contributed by atoms with Crippen LogP contribution in [0.5, 0.6) is 0 Å². The summed E-state index contributed by atoms with van der Waals surface area (Å²) in [6.45, 7) is 9.46. The summed E-state index contributed by atoms with van der Waals surface area (Å²) in [5.74, 6) is -0.200. The van der Waals surface area contributed by atoms with Gasteiger partial charge in [0.25, 0.3) is 0 Å². The number of halogens is 2. The molecule has 0 aliphatic carbocycles. The molecule has 0 spiro atoms. The fourth-order valence-corrected chi connectivity index (χ4v) is 2.69. The van der Waals surface area contributed by atoms with E-state index in [1.807, 2.05) is 26.8 Å². The maximum atomic E-state index is 14.1. The van der Waals surface area contributed by atoms with E-state index in [4.69, 9.17) is 4.74 Å². The van der Waals surface area contributed by atoms with E-state index in [1.54, 1.807) is 6.07 Å². The molecule has 108 valence electrons. The lowest BCUT2D eigenvalue weighted by molar-refractivity contribution is -0.0567. The van der Waals surface area contributed by atoms with Crippen molar-refractivity contribution in [2.75, 3.05) is 13.2 Å². The van der Waals surface area contributed by atoms with Gasteiger partial charge in [0.1, 0.15) is 5.82 Å². The van der Waals surface area contributed by atoms with Gasteiger partial charge in [-0.3, -0.25) is 0 Å². The molecular formula is C15H23BrFNO. The summed E-state index contributed by atoms with van der Waals surface area (Å²) >= 11 is 3.41. The van der Waals surface area contributed by atoms with Crippen molar-refractivity contribution in [3.05, 3.63) is 34.1 Å². The van der Waals surface area contributed by atoms with Gasteiger partial charge in [-0.1, -0.05) is 29.8 Å². The molecule has 1 rings (SSSR count). The third-order valence-corrected chi connectivity index (χ3v) is 3.96. The van der Waals surface area contributed by atoms with Crippen LogP contribution in [-0.2, 0) is 4.74 Å². The van der Waals surface area contributed by atoms with Gasteiger partial charge >= 0.3 is 0 Å². The van der Waals surface area contributed by atoms with Crippen molar-refractivity contribution < 1.29 is 9.13 Å². The van der Waals surface area contributed by atoms with E-state index < -0.39 is 5.60 Å². The van der Waals surface area contributed by atoms with Crippen LogP contribution in [0.1, 0.15) is 45.7 Å².